The molecule has 112 valence electrons. The van der Waals surface area contributed by atoms with Crippen molar-refractivity contribution in [2.45, 2.75) is 25.8 Å². The van der Waals surface area contributed by atoms with Crippen molar-refractivity contribution in [2.24, 2.45) is 7.05 Å². The molecule has 0 radical (unpaired) electrons. The zero-order chi connectivity index (χ0) is 15.2. The van der Waals surface area contributed by atoms with E-state index in [0.29, 0.717) is 6.42 Å². The molecule has 1 atom stereocenters. The normalized spacial score (nSPS) is 12.0. The molecule has 5 heteroatoms. The molecule has 2 rings (SSSR count). The van der Waals surface area contributed by atoms with E-state index in [4.69, 9.17) is 4.74 Å². The molecule has 5 nitrogen and oxygen atoms in total. The van der Waals surface area contributed by atoms with Crippen molar-refractivity contribution in [3.8, 4) is 5.75 Å². The average Bonchev–Trinajstić information content (AvgIpc) is 2.91. The number of methoxy groups -OCH3 is 1. The van der Waals surface area contributed by atoms with Crippen LogP contribution in [0.3, 0.4) is 0 Å². The van der Waals surface area contributed by atoms with Gasteiger partial charge in [-0.1, -0.05) is 19.1 Å². The van der Waals surface area contributed by atoms with Crippen LogP contribution in [0.5, 0.6) is 5.75 Å². The van der Waals surface area contributed by atoms with Crippen LogP contribution in [0, 0.1) is 0 Å². The summed E-state index contributed by atoms with van der Waals surface area (Å²) in [6.45, 7) is 1.99. The molecule has 0 bridgehead atoms. The minimum Gasteiger partial charge on any atom is -0.497 e. The van der Waals surface area contributed by atoms with E-state index in [1.807, 2.05) is 49.0 Å². The van der Waals surface area contributed by atoms with Gasteiger partial charge in [0.05, 0.1) is 7.11 Å². The van der Waals surface area contributed by atoms with E-state index in [0.717, 1.165) is 23.6 Å². The summed E-state index contributed by atoms with van der Waals surface area (Å²) in [6, 6.07) is 7.42. The first-order valence-electron chi connectivity index (χ1n) is 7.06. The van der Waals surface area contributed by atoms with E-state index in [-0.39, 0.29) is 11.9 Å². The summed E-state index contributed by atoms with van der Waals surface area (Å²) in [7, 11) is 3.55. The molecule has 1 amide bonds. The lowest BCUT2D eigenvalue weighted by atomic mass is 10.1. The maximum absolute atomic E-state index is 12.0. The summed E-state index contributed by atoms with van der Waals surface area (Å²) in [5.41, 5.74) is 0.981. The second-order valence-corrected chi connectivity index (χ2v) is 4.92. The zero-order valence-corrected chi connectivity index (χ0v) is 12.7. The average molecular weight is 287 g/mol. The molecule has 0 fully saturated rings. The van der Waals surface area contributed by atoms with E-state index >= 15 is 0 Å². The quantitative estimate of drug-likeness (QED) is 0.887. The van der Waals surface area contributed by atoms with Crippen molar-refractivity contribution in [3.05, 3.63) is 48.0 Å². The summed E-state index contributed by atoms with van der Waals surface area (Å²) in [6.07, 6.45) is 4.94. The highest BCUT2D eigenvalue weighted by atomic mass is 16.5. The first-order valence-corrected chi connectivity index (χ1v) is 7.06. The predicted molar refractivity (Wildman–Crippen MR) is 81.1 cm³/mol. The van der Waals surface area contributed by atoms with Crippen LogP contribution < -0.4 is 10.1 Å². The third-order valence-corrected chi connectivity index (χ3v) is 3.35. The Hall–Kier alpha value is -2.30. The lowest BCUT2D eigenvalue weighted by Crippen LogP contribution is -2.30. The third kappa shape index (κ3) is 3.62. The standard InChI is InChI=1S/C16H21N3O2/c1-4-5-14(20)18-15(16-17-10-11-19(16)2)12-6-8-13(21-3)9-7-12/h6-11,15H,4-5H2,1-3H3,(H,18,20). The van der Waals surface area contributed by atoms with Gasteiger partial charge in [-0.2, -0.15) is 0 Å². The van der Waals surface area contributed by atoms with Crippen LogP contribution in [0.2, 0.25) is 0 Å². The monoisotopic (exact) mass is 287 g/mol. The zero-order valence-electron chi connectivity index (χ0n) is 12.7. The van der Waals surface area contributed by atoms with Crippen LogP contribution in [-0.2, 0) is 11.8 Å². The van der Waals surface area contributed by atoms with Gasteiger partial charge in [-0.3, -0.25) is 4.79 Å². The molecule has 0 spiro atoms. The van der Waals surface area contributed by atoms with Crippen molar-refractivity contribution in [1.29, 1.82) is 0 Å². The van der Waals surface area contributed by atoms with Gasteiger partial charge < -0.3 is 14.6 Å². The molecule has 0 aliphatic rings. The number of ether oxygens (including phenoxy) is 1. The van der Waals surface area contributed by atoms with Crippen molar-refractivity contribution >= 4 is 5.91 Å². The Morgan fingerprint density at radius 2 is 2.10 bits per heavy atom. The number of nitrogens with one attached hydrogen (secondary N) is 1. The van der Waals surface area contributed by atoms with Crippen molar-refractivity contribution in [3.63, 3.8) is 0 Å². The van der Waals surface area contributed by atoms with Gasteiger partial charge in [0.15, 0.2) is 0 Å². The number of carbonyl (C=O) groups excluding carboxylic acids is 1. The highest BCUT2D eigenvalue weighted by molar-refractivity contribution is 5.76. The summed E-state index contributed by atoms with van der Waals surface area (Å²) < 4.78 is 7.09. The maximum Gasteiger partial charge on any atom is 0.220 e. The van der Waals surface area contributed by atoms with Crippen LogP contribution >= 0.6 is 0 Å². The Balaban J connectivity index is 2.30. The summed E-state index contributed by atoms with van der Waals surface area (Å²) in [5, 5.41) is 3.05. The van der Waals surface area contributed by atoms with Crippen molar-refractivity contribution in [2.75, 3.05) is 7.11 Å². The first-order chi connectivity index (χ1) is 10.2. The van der Waals surface area contributed by atoms with Crippen LogP contribution in [0.4, 0.5) is 0 Å². The summed E-state index contributed by atoms with van der Waals surface area (Å²) >= 11 is 0. The van der Waals surface area contributed by atoms with E-state index in [9.17, 15) is 4.79 Å². The number of benzene rings is 1. The fourth-order valence-corrected chi connectivity index (χ4v) is 2.21. The molecule has 0 aliphatic heterocycles. The first kappa shape index (κ1) is 15.1. The molecule has 1 heterocycles. The number of nitrogens with zero attached hydrogens (tertiary/aromatic N) is 2. The SMILES string of the molecule is CCCC(=O)NC(c1ccc(OC)cc1)c1nccn1C. The Morgan fingerprint density at radius 1 is 1.38 bits per heavy atom. The van der Waals surface area contributed by atoms with E-state index < -0.39 is 0 Å². The number of hydrogen-bond donors (Lipinski definition) is 1. The summed E-state index contributed by atoms with van der Waals surface area (Å²) in [4.78, 5) is 16.3. The fraction of sp³-hybridized carbons (Fsp3) is 0.375. The lowest BCUT2D eigenvalue weighted by molar-refractivity contribution is -0.121. The second-order valence-electron chi connectivity index (χ2n) is 4.92. The molecule has 21 heavy (non-hydrogen) atoms. The van der Waals surface area contributed by atoms with Gasteiger partial charge in [-0.05, 0) is 24.1 Å². The lowest BCUT2D eigenvalue weighted by Gasteiger charge is -2.19. The van der Waals surface area contributed by atoms with Crippen LogP contribution in [-0.4, -0.2) is 22.6 Å². The number of carbonyl (C=O) groups is 1. The van der Waals surface area contributed by atoms with Gasteiger partial charge in [0.25, 0.3) is 0 Å². The Kier molecular flexibility index (Phi) is 4.98. The number of aryl methyl sites for hydroxylation is 1. The van der Waals surface area contributed by atoms with Gasteiger partial charge >= 0.3 is 0 Å². The molecule has 2 aromatic rings. The fourth-order valence-electron chi connectivity index (χ4n) is 2.21. The molecule has 1 aromatic carbocycles. The predicted octanol–water partition coefficient (Wildman–Crippen LogP) is 2.43. The van der Waals surface area contributed by atoms with Gasteiger partial charge in [0, 0.05) is 25.9 Å². The second kappa shape index (κ2) is 6.92. The maximum atomic E-state index is 12.0. The van der Waals surface area contributed by atoms with Crippen LogP contribution in [0.15, 0.2) is 36.7 Å². The van der Waals surface area contributed by atoms with E-state index in [1.54, 1.807) is 13.3 Å². The van der Waals surface area contributed by atoms with Crippen LogP contribution in [0.25, 0.3) is 0 Å². The number of hydrogen-bond acceptors (Lipinski definition) is 3. The largest absolute Gasteiger partial charge is 0.497 e. The molecule has 0 saturated carbocycles. The molecular weight excluding hydrogens is 266 g/mol. The highest BCUT2D eigenvalue weighted by Crippen LogP contribution is 2.23. The van der Waals surface area contributed by atoms with Crippen LogP contribution in [0.1, 0.15) is 37.2 Å². The number of amides is 1. The molecular formula is C16H21N3O2. The van der Waals surface area contributed by atoms with Crippen molar-refractivity contribution in [1.82, 2.24) is 14.9 Å². The minimum absolute atomic E-state index is 0.0290. The Morgan fingerprint density at radius 3 is 2.62 bits per heavy atom. The third-order valence-electron chi connectivity index (χ3n) is 3.35. The van der Waals surface area contributed by atoms with Gasteiger partial charge in [-0.15, -0.1) is 0 Å². The van der Waals surface area contributed by atoms with E-state index in [1.165, 1.54) is 0 Å². The Bertz CT molecular complexity index is 590. The molecule has 1 N–H and O–H groups in total. The van der Waals surface area contributed by atoms with Gasteiger partial charge in [0.1, 0.15) is 17.6 Å². The molecule has 1 aromatic heterocycles. The Labute approximate surface area is 125 Å². The molecule has 1 unspecified atom stereocenters. The minimum atomic E-state index is -0.255. The topological polar surface area (TPSA) is 56.1 Å². The summed E-state index contributed by atoms with van der Waals surface area (Å²) in [5.74, 6) is 1.63. The molecule has 0 aliphatic carbocycles. The number of imidazole rings is 1. The smallest absolute Gasteiger partial charge is 0.220 e. The highest BCUT2D eigenvalue weighted by Gasteiger charge is 2.20. The number of rotatable bonds is 6. The van der Waals surface area contributed by atoms with Gasteiger partial charge in [-0.25, -0.2) is 4.98 Å². The van der Waals surface area contributed by atoms with E-state index in [2.05, 4.69) is 10.3 Å². The molecule has 0 saturated heterocycles. The van der Waals surface area contributed by atoms with Gasteiger partial charge in [0.2, 0.25) is 5.91 Å². The number of aromatic nitrogens is 2. The van der Waals surface area contributed by atoms with Crippen molar-refractivity contribution < 1.29 is 9.53 Å².